The molecule has 2 atom stereocenters. The molecular formula is C10H19NO3. The molecule has 1 heterocycles. The molecule has 4 heteroatoms. The number of aliphatic hydroxyl groups excluding tert-OH is 1. The number of hydrogen-bond acceptors (Lipinski definition) is 3. The van der Waals surface area contributed by atoms with Gasteiger partial charge in [-0.15, -0.1) is 0 Å². The molecule has 1 aliphatic heterocycles. The Kier molecular flexibility index (Phi) is 4.35. The van der Waals surface area contributed by atoms with Gasteiger partial charge < -0.3 is 14.7 Å². The summed E-state index contributed by atoms with van der Waals surface area (Å²) in [5.41, 5.74) is 0. The molecule has 0 aromatic rings. The lowest BCUT2D eigenvalue weighted by Crippen LogP contribution is -2.36. The molecule has 82 valence electrons. The minimum absolute atomic E-state index is 0.164. The Morgan fingerprint density at radius 3 is 3.00 bits per heavy atom. The first-order valence-electron chi connectivity index (χ1n) is 5.23. The lowest BCUT2D eigenvalue weighted by molar-refractivity contribution is -0.138. The van der Waals surface area contributed by atoms with E-state index < -0.39 is 6.10 Å². The predicted molar refractivity (Wildman–Crippen MR) is 52.9 cm³/mol. The maximum absolute atomic E-state index is 11.4. The van der Waals surface area contributed by atoms with Gasteiger partial charge in [-0.1, -0.05) is 6.92 Å². The van der Waals surface area contributed by atoms with Crippen LogP contribution in [0.1, 0.15) is 26.7 Å². The molecule has 0 radical (unpaired) electrons. The second-order valence-corrected chi connectivity index (χ2v) is 3.74. The number of ether oxygens (including phenoxy) is 1. The van der Waals surface area contributed by atoms with Crippen LogP contribution in [0.3, 0.4) is 0 Å². The number of likely N-dealkylation sites (tertiary alicyclic amines) is 1. The molecule has 1 rings (SSSR count). The Labute approximate surface area is 84.8 Å². The Bertz CT molecular complexity index is 194. The van der Waals surface area contributed by atoms with Crippen molar-refractivity contribution in [3.63, 3.8) is 0 Å². The van der Waals surface area contributed by atoms with Crippen molar-refractivity contribution < 1.29 is 14.6 Å². The fourth-order valence-electron chi connectivity index (χ4n) is 1.61. The summed E-state index contributed by atoms with van der Waals surface area (Å²) in [7, 11) is 0. The fourth-order valence-corrected chi connectivity index (χ4v) is 1.61. The number of rotatable bonds is 4. The Balaban J connectivity index is 2.30. The van der Waals surface area contributed by atoms with Crippen molar-refractivity contribution in [3.8, 4) is 0 Å². The number of hydrogen-bond donors (Lipinski definition) is 1. The minimum Gasteiger partial charge on any atom is -0.384 e. The topological polar surface area (TPSA) is 49.8 Å². The number of amides is 1. The zero-order chi connectivity index (χ0) is 10.6. The van der Waals surface area contributed by atoms with Crippen LogP contribution < -0.4 is 0 Å². The Morgan fingerprint density at radius 1 is 1.71 bits per heavy atom. The third-order valence-electron chi connectivity index (χ3n) is 2.37. The monoisotopic (exact) mass is 201 g/mol. The summed E-state index contributed by atoms with van der Waals surface area (Å²) in [6.45, 7) is 5.65. The minimum atomic E-state index is -0.889. The van der Waals surface area contributed by atoms with E-state index in [0.717, 1.165) is 19.4 Å². The zero-order valence-corrected chi connectivity index (χ0v) is 8.90. The van der Waals surface area contributed by atoms with Gasteiger partial charge in [0, 0.05) is 19.7 Å². The summed E-state index contributed by atoms with van der Waals surface area (Å²) >= 11 is 0. The van der Waals surface area contributed by atoms with E-state index in [4.69, 9.17) is 9.84 Å². The Morgan fingerprint density at radius 2 is 2.43 bits per heavy atom. The molecule has 4 nitrogen and oxygen atoms in total. The summed E-state index contributed by atoms with van der Waals surface area (Å²) in [5.74, 6) is -0.187. The predicted octanol–water partition coefficient (Wildman–Crippen LogP) is 0.395. The quantitative estimate of drug-likeness (QED) is 0.716. The molecule has 0 aliphatic carbocycles. The number of aliphatic hydroxyl groups is 1. The molecule has 0 spiro atoms. The van der Waals surface area contributed by atoms with Crippen molar-refractivity contribution in [1.29, 1.82) is 0 Å². The molecular weight excluding hydrogens is 182 g/mol. The molecule has 1 fully saturated rings. The standard InChI is InChI=1S/C10H19NO3/c1-3-6-14-9-4-5-11(7-9)10(13)8(2)12/h8-9,12H,3-7H2,1-2H3/t8-,9+/m1/s1. The largest absolute Gasteiger partial charge is 0.384 e. The van der Waals surface area contributed by atoms with Gasteiger partial charge in [-0.2, -0.15) is 0 Å². The number of carbonyl (C=O) groups is 1. The van der Waals surface area contributed by atoms with Gasteiger partial charge in [-0.05, 0) is 19.8 Å². The van der Waals surface area contributed by atoms with E-state index in [1.54, 1.807) is 4.90 Å². The van der Waals surface area contributed by atoms with Gasteiger partial charge >= 0.3 is 0 Å². The van der Waals surface area contributed by atoms with Crippen LogP contribution in [0.25, 0.3) is 0 Å². The van der Waals surface area contributed by atoms with Crippen LogP contribution in [0, 0.1) is 0 Å². The molecule has 1 saturated heterocycles. The summed E-state index contributed by atoms with van der Waals surface area (Å²) in [4.78, 5) is 13.1. The van der Waals surface area contributed by atoms with Crippen LogP contribution >= 0.6 is 0 Å². The van der Waals surface area contributed by atoms with Gasteiger partial charge in [0.15, 0.2) is 0 Å². The van der Waals surface area contributed by atoms with Gasteiger partial charge in [-0.25, -0.2) is 0 Å². The third-order valence-corrected chi connectivity index (χ3v) is 2.37. The van der Waals surface area contributed by atoms with Gasteiger partial charge in [0.05, 0.1) is 6.10 Å². The first-order chi connectivity index (χ1) is 6.65. The lowest BCUT2D eigenvalue weighted by Gasteiger charge is -2.17. The average Bonchev–Trinajstić information content (AvgIpc) is 2.61. The Hall–Kier alpha value is -0.610. The molecule has 14 heavy (non-hydrogen) atoms. The van der Waals surface area contributed by atoms with Crippen LogP contribution in [0.15, 0.2) is 0 Å². The third kappa shape index (κ3) is 2.96. The van der Waals surface area contributed by atoms with Crippen molar-refractivity contribution in [2.24, 2.45) is 0 Å². The second kappa shape index (κ2) is 5.32. The van der Waals surface area contributed by atoms with Crippen molar-refractivity contribution in [2.75, 3.05) is 19.7 Å². The molecule has 0 unspecified atom stereocenters. The normalized spacial score (nSPS) is 23.9. The van der Waals surface area contributed by atoms with Gasteiger partial charge in [0.25, 0.3) is 5.91 Å². The van der Waals surface area contributed by atoms with E-state index in [1.165, 1.54) is 6.92 Å². The van der Waals surface area contributed by atoms with Gasteiger partial charge in [0.1, 0.15) is 6.10 Å². The van der Waals surface area contributed by atoms with Crippen molar-refractivity contribution >= 4 is 5.91 Å². The molecule has 0 aromatic heterocycles. The first-order valence-corrected chi connectivity index (χ1v) is 5.23. The van der Waals surface area contributed by atoms with E-state index in [1.807, 2.05) is 0 Å². The van der Waals surface area contributed by atoms with Crippen LogP contribution in [0.2, 0.25) is 0 Å². The molecule has 1 aliphatic rings. The molecule has 1 N–H and O–H groups in total. The van der Waals surface area contributed by atoms with E-state index >= 15 is 0 Å². The molecule has 0 saturated carbocycles. The highest BCUT2D eigenvalue weighted by Gasteiger charge is 2.28. The van der Waals surface area contributed by atoms with Crippen molar-refractivity contribution in [2.45, 2.75) is 38.9 Å². The SMILES string of the molecule is CCCO[C@H]1CCN(C(=O)[C@@H](C)O)C1. The van der Waals surface area contributed by atoms with Crippen molar-refractivity contribution in [1.82, 2.24) is 4.90 Å². The smallest absolute Gasteiger partial charge is 0.251 e. The van der Waals surface area contributed by atoms with Crippen LogP contribution in [-0.2, 0) is 9.53 Å². The maximum Gasteiger partial charge on any atom is 0.251 e. The molecule has 0 aromatic carbocycles. The molecule has 0 bridgehead atoms. The summed E-state index contributed by atoms with van der Waals surface area (Å²) in [6.07, 6.45) is 1.16. The fraction of sp³-hybridized carbons (Fsp3) is 0.900. The van der Waals surface area contributed by atoms with Crippen LogP contribution in [0.5, 0.6) is 0 Å². The summed E-state index contributed by atoms with van der Waals surface area (Å²) < 4.78 is 5.54. The van der Waals surface area contributed by atoms with Gasteiger partial charge in [0.2, 0.25) is 0 Å². The number of nitrogens with zero attached hydrogens (tertiary/aromatic N) is 1. The van der Waals surface area contributed by atoms with E-state index in [0.29, 0.717) is 13.1 Å². The maximum atomic E-state index is 11.4. The average molecular weight is 201 g/mol. The van der Waals surface area contributed by atoms with E-state index in [2.05, 4.69) is 6.92 Å². The highest BCUT2D eigenvalue weighted by molar-refractivity contribution is 5.80. The van der Waals surface area contributed by atoms with Crippen LogP contribution in [-0.4, -0.2) is 47.8 Å². The van der Waals surface area contributed by atoms with E-state index in [-0.39, 0.29) is 12.0 Å². The van der Waals surface area contributed by atoms with Crippen molar-refractivity contribution in [3.05, 3.63) is 0 Å². The molecule has 1 amide bonds. The zero-order valence-electron chi connectivity index (χ0n) is 8.90. The second-order valence-electron chi connectivity index (χ2n) is 3.74. The van der Waals surface area contributed by atoms with Gasteiger partial charge in [-0.3, -0.25) is 4.79 Å². The highest BCUT2D eigenvalue weighted by Crippen LogP contribution is 2.13. The van der Waals surface area contributed by atoms with E-state index in [9.17, 15) is 4.79 Å². The lowest BCUT2D eigenvalue weighted by atomic mass is 10.3. The first kappa shape index (κ1) is 11.5. The highest BCUT2D eigenvalue weighted by atomic mass is 16.5. The summed E-state index contributed by atoms with van der Waals surface area (Å²) in [5, 5.41) is 9.11. The van der Waals surface area contributed by atoms with Crippen LogP contribution in [0.4, 0.5) is 0 Å². The summed E-state index contributed by atoms with van der Waals surface area (Å²) in [6, 6.07) is 0. The number of carbonyl (C=O) groups excluding carboxylic acids is 1.